The van der Waals surface area contributed by atoms with E-state index in [1.165, 1.54) is 25.7 Å². The van der Waals surface area contributed by atoms with Gasteiger partial charge in [-0.1, -0.05) is 88.6 Å². The molecule has 0 saturated heterocycles. The smallest absolute Gasteiger partial charge is 0.326 e. The minimum atomic E-state index is -0.960. The van der Waals surface area contributed by atoms with Crippen molar-refractivity contribution < 1.29 is 14.7 Å². The van der Waals surface area contributed by atoms with Crippen molar-refractivity contribution in [3.8, 4) is 0 Å². The molecule has 0 bridgehead atoms. The Morgan fingerprint density at radius 3 is 1.77 bits per heavy atom. The largest absolute Gasteiger partial charge is 0.480 e. The van der Waals surface area contributed by atoms with Crippen molar-refractivity contribution in [3.05, 3.63) is 48.6 Å². The Morgan fingerprint density at radius 2 is 1.30 bits per heavy atom. The molecule has 0 aliphatic rings. The fourth-order valence-corrected chi connectivity index (χ4v) is 2.87. The number of hydrogen-bond donors (Lipinski definition) is 2. The van der Waals surface area contributed by atoms with Gasteiger partial charge in [-0.2, -0.15) is 0 Å². The van der Waals surface area contributed by atoms with Crippen LogP contribution in [-0.2, 0) is 9.59 Å². The van der Waals surface area contributed by atoms with Crippen molar-refractivity contribution >= 4 is 11.9 Å². The van der Waals surface area contributed by atoms with Crippen LogP contribution < -0.4 is 5.32 Å². The lowest BCUT2D eigenvalue weighted by atomic mass is 9.99. The number of amides is 1. The molecule has 0 spiro atoms. The number of aliphatic carboxylic acids is 1. The maximum atomic E-state index is 11.9. The van der Waals surface area contributed by atoms with E-state index in [-0.39, 0.29) is 11.8 Å². The van der Waals surface area contributed by atoms with Crippen molar-refractivity contribution in [2.45, 2.75) is 97.4 Å². The van der Waals surface area contributed by atoms with Gasteiger partial charge in [0.15, 0.2) is 0 Å². The van der Waals surface area contributed by atoms with Crippen molar-refractivity contribution in [1.29, 1.82) is 0 Å². The highest BCUT2D eigenvalue weighted by atomic mass is 16.4. The molecule has 0 unspecified atom stereocenters. The van der Waals surface area contributed by atoms with E-state index in [1.807, 2.05) is 13.8 Å². The van der Waals surface area contributed by atoms with Crippen LogP contribution in [0, 0.1) is 5.92 Å². The number of carbonyl (C=O) groups is 2. The fourth-order valence-electron chi connectivity index (χ4n) is 2.87. The van der Waals surface area contributed by atoms with E-state index in [4.69, 9.17) is 0 Å². The number of unbranched alkanes of at least 4 members (excludes halogenated alkanes) is 4. The standard InChI is InChI=1S/C26H43NO3/c1-4-6-7-8-9-10-11-12-13-14-15-16-17-18-19-20-21-22-24(28)27-25(26(29)30)23(3)5-2/h9-10,12-13,15-16,18-19,23,25H,4-8,11,14,17,20-22H2,1-3H3,(H,27,28)(H,29,30)/t23-,25-/m0/s1. The molecule has 4 heteroatoms. The van der Waals surface area contributed by atoms with Gasteiger partial charge in [0, 0.05) is 6.42 Å². The van der Waals surface area contributed by atoms with Crippen LogP contribution >= 0.6 is 0 Å². The van der Waals surface area contributed by atoms with E-state index in [2.05, 4.69) is 60.8 Å². The summed E-state index contributed by atoms with van der Waals surface area (Å²) in [6.07, 6.45) is 28.0. The lowest BCUT2D eigenvalue weighted by molar-refractivity contribution is -0.143. The van der Waals surface area contributed by atoms with Crippen LogP contribution in [0.2, 0.25) is 0 Å². The van der Waals surface area contributed by atoms with E-state index >= 15 is 0 Å². The molecule has 0 saturated carbocycles. The highest BCUT2D eigenvalue weighted by Crippen LogP contribution is 2.09. The molecule has 170 valence electrons. The highest BCUT2D eigenvalue weighted by molar-refractivity contribution is 5.83. The number of carboxylic acid groups (broad SMARTS) is 1. The molecule has 1 amide bonds. The maximum Gasteiger partial charge on any atom is 0.326 e. The van der Waals surface area contributed by atoms with Gasteiger partial charge in [0.1, 0.15) is 6.04 Å². The number of carboxylic acids is 1. The Kier molecular flexibility index (Phi) is 18.8. The van der Waals surface area contributed by atoms with Crippen LogP contribution in [0.3, 0.4) is 0 Å². The molecule has 0 rings (SSSR count). The second kappa shape index (κ2) is 20.2. The van der Waals surface area contributed by atoms with E-state index in [9.17, 15) is 14.7 Å². The molecule has 2 atom stereocenters. The molecule has 0 heterocycles. The predicted octanol–water partition coefficient (Wildman–Crippen LogP) is 6.75. The van der Waals surface area contributed by atoms with E-state index in [0.29, 0.717) is 6.42 Å². The second-order valence-corrected chi connectivity index (χ2v) is 7.75. The first kappa shape index (κ1) is 27.9. The number of nitrogens with one attached hydrogen (secondary N) is 1. The lowest BCUT2D eigenvalue weighted by Crippen LogP contribution is -2.44. The predicted molar refractivity (Wildman–Crippen MR) is 127 cm³/mol. The average molecular weight is 418 g/mol. The van der Waals surface area contributed by atoms with Gasteiger partial charge in [-0.25, -0.2) is 4.79 Å². The minimum absolute atomic E-state index is 0.0695. The zero-order valence-corrected chi connectivity index (χ0v) is 19.3. The topological polar surface area (TPSA) is 66.4 Å². The average Bonchev–Trinajstić information content (AvgIpc) is 2.73. The van der Waals surface area contributed by atoms with Crippen LogP contribution in [0.1, 0.15) is 91.4 Å². The Balaban J connectivity index is 3.76. The third-order valence-corrected chi connectivity index (χ3v) is 5.03. The van der Waals surface area contributed by atoms with Gasteiger partial charge in [-0.15, -0.1) is 0 Å². The fraction of sp³-hybridized carbons (Fsp3) is 0.615. The van der Waals surface area contributed by atoms with Gasteiger partial charge in [0.25, 0.3) is 0 Å². The van der Waals surface area contributed by atoms with Gasteiger partial charge in [0.2, 0.25) is 5.91 Å². The van der Waals surface area contributed by atoms with Crippen molar-refractivity contribution in [1.82, 2.24) is 5.32 Å². The third-order valence-electron chi connectivity index (χ3n) is 5.03. The van der Waals surface area contributed by atoms with Crippen molar-refractivity contribution in [2.75, 3.05) is 0 Å². The van der Waals surface area contributed by atoms with Crippen LogP contribution in [-0.4, -0.2) is 23.0 Å². The molecule has 0 fully saturated rings. The number of carbonyl (C=O) groups excluding carboxylic acids is 1. The Hall–Kier alpha value is -2.10. The summed E-state index contributed by atoms with van der Waals surface area (Å²) in [6, 6.07) is -0.793. The van der Waals surface area contributed by atoms with Gasteiger partial charge in [0.05, 0.1) is 0 Å². The summed E-state index contributed by atoms with van der Waals surface area (Å²) in [5.74, 6) is -1.21. The van der Waals surface area contributed by atoms with Gasteiger partial charge < -0.3 is 10.4 Å². The highest BCUT2D eigenvalue weighted by Gasteiger charge is 2.24. The third kappa shape index (κ3) is 16.8. The van der Waals surface area contributed by atoms with Crippen LogP contribution in [0.5, 0.6) is 0 Å². The molecule has 0 aromatic rings. The SMILES string of the molecule is CCCCCC=CCC=CCC=CCC=CCCCC(=O)N[C@H](C(=O)O)[C@@H](C)CC. The zero-order valence-electron chi connectivity index (χ0n) is 19.3. The summed E-state index contributed by atoms with van der Waals surface area (Å²) in [7, 11) is 0. The van der Waals surface area contributed by atoms with Crippen molar-refractivity contribution in [3.63, 3.8) is 0 Å². The zero-order chi connectivity index (χ0) is 22.5. The molecule has 0 radical (unpaired) electrons. The first-order chi connectivity index (χ1) is 14.5. The van der Waals surface area contributed by atoms with Crippen LogP contribution in [0.15, 0.2) is 48.6 Å². The van der Waals surface area contributed by atoms with E-state index in [0.717, 1.165) is 38.5 Å². The van der Waals surface area contributed by atoms with E-state index in [1.54, 1.807) is 0 Å². The Morgan fingerprint density at radius 1 is 0.800 bits per heavy atom. The van der Waals surface area contributed by atoms with Crippen LogP contribution in [0.25, 0.3) is 0 Å². The second-order valence-electron chi connectivity index (χ2n) is 7.75. The summed E-state index contributed by atoms with van der Waals surface area (Å²) in [4.78, 5) is 23.1. The number of hydrogen-bond acceptors (Lipinski definition) is 2. The minimum Gasteiger partial charge on any atom is -0.480 e. The monoisotopic (exact) mass is 417 g/mol. The first-order valence-corrected chi connectivity index (χ1v) is 11.6. The maximum absolute atomic E-state index is 11.9. The lowest BCUT2D eigenvalue weighted by Gasteiger charge is -2.19. The quantitative estimate of drug-likeness (QED) is 0.191. The molecule has 0 aliphatic heterocycles. The van der Waals surface area contributed by atoms with E-state index < -0.39 is 12.0 Å². The summed E-state index contributed by atoms with van der Waals surface area (Å²) in [6.45, 7) is 6.00. The summed E-state index contributed by atoms with van der Waals surface area (Å²) in [5, 5.41) is 11.8. The molecule has 30 heavy (non-hydrogen) atoms. The number of allylic oxidation sites excluding steroid dienone is 8. The Labute approximate surface area is 184 Å². The molecule has 4 nitrogen and oxygen atoms in total. The normalized spacial score (nSPS) is 14.2. The summed E-state index contributed by atoms with van der Waals surface area (Å²) < 4.78 is 0. The summed E-state index contributed by atoms with van der Waals surface area (Å²) in [5.41, 5.74) is 0. The molecule has 2 N–H and O–H groups in total. The molecule has 0 aromatic heterocycles. The molecular weight excluding hydrogens is 374 g/mol. The summed E-state index contributed by atoms with van der Waals surface area (Å²) >= 11 is 0. The van der Waals surface area contributed by atoms with Crippen LogP contribution in [0.4, 0.5) is 0 Å². The Bertz CT molecular complexity index is 561. The molecule has 0 aromatic carbocycles. The van der Waals surface area contributed by atoms with Crippen molar-refractivity contribution in [2.24, 2.45) is 5.92 Å². The number of rotatable bonds is 18. The molecular formula is C26H43NO3. The molecule has 0 aliphatic carbocycles. The van der Waals surface area contributed by atoms with Gasteiger partial charge in [-0.05, 0) is 50.9 Å². The van der Waals surface area contributed by atoms with Gasteiger partial charge in [-0.3, -0.25) is 4.79 Å². The first-order valence-electron chi connectivity index (χ1n) is 11.6. The van der Waals surface area contributed by atoms with Gasteiger partial charge >= 0.3 is 5.97 Å².